The number of alkyl halides is 3. The van der Waals surface area contributed by atoms with Gasteiger partial charge in [0.1, 0.15) is 0 Å². The summed E-state index contributed by atoms with van der Waals surface area (Å²) in [6.45, 7) is 2.35. The standard InChI is InChI=1S/C15H19F3N2O/c16-15(17,18)13-6-2-1-5-12(13)8-14(21)20-10-11-4-3-7-19-9-11/h1-2,5-6,11,19H,3-4,7-10H2,(H,20,21)/t11-/m1/s1. The SMILES string of the molecule is O=C(Cc1ccccc1C(F)(F)F)NC[C@@H]1CCCNC1. The smallest absolute Gasteiger partial charge is 0.355 e. The van der Waals surface area contributed by atoms with Gasteiger partial charge in [0.15, 0.2) is 0 Å². The van der Waals surface area contributed by atoms with Gasteiger partial charge in [-0.25, -0.2) is 0 Å². The van der Waals surface area contributed by atoms with Crippen molar-refractivity contribution >= 4 is 5.91 Å². The van der Waals surface area contributed by atoms with Crippen LogP contribution in [0.15, 0.2) is 24.3 Å². The van der Waals surface area contributed by atoms with E-state index in [1.807, 2.05) is 0 Å². The van der Waals surface area contributed by atoms with Gasteiger partial charge in [0.2, 0.25) is 5.91 Å². The van der Waals surface area contributed by atoms with Gasteiger partial charge in [0.05, 0.1) is 12.0 Å². The highest BCUT2D eigenvalue weighted by molar-refractivity contribution is 5.79. The van der Waals surface area contributed by atoms with Crippen molar-refractivity contribution in [3.8, 4) is 0 Å². The van der Waals surface area contributed by atoms with Gasteiger partial charge in [0, 0.05) is 6.54 Å². The zero-order valence-electron chi connectivity index (χ0n) is 11.7. The van der Waals surface area contributed by atoms with Crippen LogP contribution in [0, 0.1) is 5.92 Å². The number of hydrogen-bond acceptors (Lipinski definition) is 2. The second-order valence-corrected chi connectivity index (χ2v) is 5.35. The van der Waals surface area contributed by atoms with E-state index in [0.717, 1.165) is 32.0 Å². The van der Waals surface area contributed by atoms with Gasteiger partial charge < -0.3 is 10.6 Å². The summed E-state index contributed by atoms with van der Waals surface area (Å²) < 4.78 is 38.5. The zero-order valence-corrected chi connectivity index (χ0v) is 11.7. The lowest BCUT2D eigenvalue weighted by Gasteiger charge is -2.23. The van der Waals surface area contributed by atoms with Crippen molar-refractivity contribution in [2.75, 3.05) is 19.6 Å². The quantitative estimate of drug-likeness (QED) is 0.896. The lowest BCUT2D eigenvalue weighted by molar-refractivity contribution is -0.138. The second-order valence-electron chi connectivity index (χ2n) is 5.35. The number of hydrogen-bond donors (Lipinski definition) is 2. The maximum Gasteiger partial charge on any atom is 0.416 e. The first kappa shape index (κ1) is 15.8. The summed E-state index contributed by atoms with van der Waals surface area (Å²) in [5.41, 5.74) is -0.719. The van der Waals surface area contributed by atoms with E-state index in [4.69, 9.17) is 0 Å². The molecule has 1 fully saturated rings. The summed E-state index contributed by atoms with van der Waals surface area (Å²) in [5.74, 6) is -0.00201. The third kappa shape index (κ3) is 4.74. The van der Waals surface area contributed by atoms with Crippen molar-refractivity contribution in [3.05, 3.63) is 35.4 Å². The molecular weight excluding hydrogens is 281 g/mol. The van der Waals surface area contributed by atoms with Crippen molar-refractivity contribution in [2.24, 2.45) is 5.92 Å². The van der Waals surface area contributed by atoms with Crippen LogP contribution < -0.4 is 10.6 Å². The lowest BCUT2D eigenvalue weighted by Crippen LogP contribution is -2.38. The average molecular weight is 300 g/mol. The Morgan fingerprint density at radius 2 is 2.10 bits per heavy atom. The fourth-order valence-electron chi connectivity index (χ4n) is 2.54. The Morgan fingerprint density at radius 1 is 1.33 bits per heavy atom. The molecule has 0 aromatic heterocycles. The fourth-order valence-corrected chi connectivity index (χ4v) is 2.54. The van der Waals surface area contributed by atoms with Crippen LogP contribution in [-0.4, -0.2) is 25.5 Å². The van der Waals surface area contributed by atoms with Crippen LogP contribution in [0.5, 0.6) is 0 Å². The molecule has 116 valence electrons. The topological polar surface area (TPSA) is 41.1 Å². The molecule has 1 aliphatic rings. The molecule has 1 saturated heterocycles. The van der Waals surface area contributed by atoms with Gasteiger partial charge in [-0.1, -0.05) is 18.2 Å². The maximum absolute atomic E-state index is 12.8. The summed E-state index contributed by atoms with van der Waals surface area (Å²) >= 11 is 0. The van der Waals surface area contributed by atoms with Crippen LogP contribution >= 0.6 is 0 Å². The van der Waals surface area contributed by atoms with E-state index >= 15 is 0 Å². The molecule has 1 heterocycles. The molecule has 2 rings (SSSR count). The Balaban J connectivity index is 1.90. The first-order chi connectivity index (χ1) is 9.97. The van der Waals surface area contributed by atoms with Gasteiger partial charge in [0.25, 0.3) is 0 Å². The minimum absolute atomic E-state index is 0.0178. The molecule has 0 spiro atoms. The number of benzene rings is 1. The Bertz CT molecular complexity index is 482. The number of rotatable bonds is 4. The molecule has 2 N–H and O–H groups in total. The summed E-state index contributed by atoms with van der Waals surface area (Å²) in [5, 5.41) is 5.97. The highest BCUT2D eigenvalue weighted by Crippen LogP contribution is 2.31. The normalized spacial score (nSPS) is 19.3. The molecule has 0 bridgehead atoms. The first-order valence-electron chi connectivity index (χ1n) is 7.09. The summed E-state index contributed by atoms with van der Waals surface area (Å²) in [6.07, 6.45) is -2.57. The van der Waals surface area contributed by atoms with E-state index in [1.165, 1.54) is 18.2 Å². The van der Waals surface area contributed by atoms with Gasteiger partial charge >= 0.3 is 6.18 Å². The molecule has 1 aromatic carbocycles. The van der Waals surface area contributed by atoms with Crippen molar-refractivity contribution < 1.29 is 18.0 Å². The maximum atomic E-state index is 12.8. The minimum Gasteiger partial charge on any atom is -0.355 e. The van der Waals surface area contributed by atoms with Crippen LogP contribution in [0.1, 0.15) is 24.0 Å². The Kier molecular flexibility index (Phi) is 5.22. The lowest BCUT2D eigenvalue weighted by atomic mass is 9.99. The third-order valence-electron chi connectivity index (χ3n) is 3.66. The number of piperidine rings is 1. The molecule has 0 saturated carbocycles. The molecule has 0 radical (unpaired) electrons. The number of nitrogens with one attached hydrogen (secondary N) is 2. The number of carbonyl (C=O) groups is 1. The molecule has 21 heavy (non-hydrogen) atoms. The average Bonchev–Trinajstić information content (AvgIpc) is 2.46. The van der Waals surface area contributed by atoms with E-state index in [0.29, 0.717) is 12.5 Å². The van der Waals surface area contributed by atoms with Crippen molar-refractivity contribution in [2.45, 2.75) is 25.4 Å². The molecule has 1 aromatic rings. The minimum atomic E-state index is -4.43. The molecule has 1 atom stereocenters. The van der Waals surface area contributed by atoms with Gasteiger partial charge in [-0.05, 0) is 43.5 Å². The van der Waals surface area contributed by atoms with Crippen LogP contribution in [-0.2, 0) is 17.4 Å². The monoisotopic (exact) mass is 300 g/mol. The predicted octanol–water partition coefficient (Wildman–Crippen LogP) is 2.36. The number of carbonyl (C=O) groups excluding carboxylic acids is 1. The summed E-state index contributed by atoms with van der Waals surface area (Å²) in [7, 11) is 0. The predicted molar refractivity (Wildman–Crippen MR) is 73.8 cm³/mol. The highest BCUT2D eigenvalue weighted by atomic mass is 19.4. The second kappa shape index (κ2) is 6.93. The van der Waals surface area contributed by atoms with E-state index < -0.39 is 11.7 Å². The van der Waals surface area contributed by atoms with Gasteiger partial charge in [-0.3, -0.25) is 4.79 Å². The molecule has 1 aliphatic heterocycles. The zero-order chi connectivity index (χ0) is 15.3. The Labute approximate surface area is 121 Å². The van der Waals surface area contributed by atoms with Crippen molar-refractivity contribution in [1.82, 2.24) is 10.6 Å². The van der Waals surface area contributed by atoms with Crippen LogP contribution in [0.2, 0.25) is 0 Å². The third-order valence-corrected chi connectivity index (χ3v) is 3.66. The molecule has 3 nitrogen and oxygen atoms in total. The summed E-state index contributed by atoms with van der Waals surface area (Å²) in [4.78, 5) is 11.8. The molecule has 1 amide bonds. The Morgan fingerprint density at radius 3 is 2.76 bits per heavy atom. The van der Waals surface area contributed by atoms with Gasteiger partial charge in [-0.15, -0.1) is 0 Å². The molecule has 0 aliphatic carbocycles. The van der Waals surface area contributed by atoms with Crippen LogP contribution in [0.4, 0.5) is 13.2 Å². The fraction of sp³-hybridized carbons (Fsp3) is 0.533. The van der Waals surface area contributed by atoms with E-state index in [9.17, 15) is 18.0 Å². The number of halogens is 3. The Hall–Kier alpha value is -1.56. The molecular formula is C15H19F3N2O. The highest BCUT2D eigenvalue weighted by Gasteiger charge is 2.33. The van der Waals surface area contributed by atoms with E-state index in [-0.39, 0.29) is 17.9 Å². The van der Waals surface area contributed by atoms with E-state index in [2.05, 4.69) is 10.6 Å². The van der Waals surface area contributed by atoms with Crippen molar-refractivity contribution in [1.29, 1.82) is 0 Å². The largest absolute Gasteiger partial charge is 0.416 e. The number of amides is 1. The van der Waals surface area contributed by atoms with E-state index in [1.54, 1.807) is 0 Å². The first-order valence-corrected chi connectivity index (χ1v) is 7.09. The molecule has 0 unspecified atom stereocenters. The molecule has 6 heteroatoms. The van der Waals surface area contributed by atoms with Crippen LogP contribution in [0.25, 0.3) is 0 Å². The van der Waals surface area contributed by atoms with Gasteiger partial charge in [-0.2, -0.15) is 13.2 Å². The van der Waals surface area contributed by atoms with Crippen molar-refractivity contribution in [3.63, 3.8) is 0 Å². The van der Waals surface area contributed by atoms with Crippen LogP contribution in [0.3, 0.4) is 0 Å². The summed E-state index contributed by atoms with van der Waals surface area (Å²) in [6, 6.07) is 5.21.